The van der Waals surface area contributed by atoms with E-state index in [1.54, 1.807) is 37.3 Å². The molecule has 3 aromatic rings. The fourth-order valence-electron chi connectivity index (χ4n) is 3.98. The quantitative estimate of drug-likeness (QED) is 0.283. The largest absolute Gasteiger partial charge is 0.357 e. The average molecular weight is 631 g/mol. The van der Waals surface area contributed by atoms with Crippen LogP contribution in [0.4, 0.5) is 5.69 Å². The third-order valence-corrected chi connectivity index (χ3v) is 9.40. The Labute approximate surface area is 248 Å². The molecule has 0 aromatic heterocycles. The Balaban J connectivity index is 2.14. The predicted octanol–water partition coefficient (Wildman–Crippen LogP) is 6.36. The number of halogens is 4. The summed E-state index contributed by atoms with van der Waals surface area (Å²) < 4.78 is 28.7. The molecular formula is C27H27Cl4N3O4S. The zero-order valence-corrected chi connectivity index (χ0v) is 25.3. The first-order valence-electron chi connectivity index (χ1n) is 11.9. The van der Waals surface area contributed by atoms with E-state index in [1.807, 2.05) is 6.92 Å². The van der Waals surface area contributed by atoms with Gasteiger partial charge in [-0.2, -0.15) is 0 Å². The Bertz CT molecular complexity index is 1450. The second kappa shape index (κ2) is 13.2. The molecule has 1 N–H and O–H groups in total. The van der Waals surface area contributed by atoms with Crippen LogP contribution in [0.15, 0.2) is 65.6 Å². The van der Waals surface area contributed by atoms with Gasteiger partial charge in [0.05, 0.1) is 20.6 Å². The van der Waals surface area contributed by atoms with Gasteiger partial charge in [-0.1, -0.05) is 83.2 Å². The van der Waals surface area contributed by atoms with Gasteiger partial charge in [0.2, 0.25) is 11.8 Å². The van der Waals surface area contributed by atoms with Crippen LogP contribution in [0.5, 0.6) is 0 Å². The highest BCUT2D eigenvalue weighted by Gasteiger charge is 2.35. The number of benzene rings is 3. The van der Waals surface area contributed by atoms with Crippen LogP contribution < -0.4 is 9.62 Å². The first-order valence-corrected chi connectivity index (χ1v) is 14.8. The van der Waals surface area contributed by atoms with Crippen molar-refractivity contribution in [3.63, 3.8) is 0 Å². The van der Waals surface area contributed by atoms with Crippen LogP contribution in [0.3, 0.4) is 0 Å². The number of amides is 2. The molecule has 0 fully saturated rings. The molecule has 3 rings (SSSR count). The van der Waals surface area contributed by atoms with Gasteiger partial charge in [-0.05, 0) is 49.7 Å². The lowest BCUT2D eigenvalue weighted by Crippen LogP contribution is -2.51. The monoisotopic (exact) mass is 629 g/mol. The standard InChI is InChI=1S/C27H27Cl4N3O4S/c1-4-23(27(36)32-3)33(15-19-20(28)7-5-8-21(19)29)25(35)16-34(24-10-6-9-22(30)26(24)31)39(37,38)18-13-11-17(2)12-14-18/h5-14,23H,4,15-16H2,1-3H3,(H,32,36). The first-order chi connectivity index (χ1) is 18.4. The van der Waals surface area contributed by atoms with Crippen molar-refractivity contribution in [2.45, 2.75) is 37.8 Å². The van der Waals surface area contributed by atoms with Gasteiger partial charge >= 0.3 is 0 Å². The van der Waals surface area contributed by atoms with E-state index in [9.17, 15) is 18.0 Å². The Morgan fingerprint density at radius 3 is 2.03 bits per heavy atom. The van der Waals surface area contributed by atoms with Crippen LogP contribution in [0.2, 0.25) is 20.1 Å². The molecule has 0 bridgehead atoms. The van der Waals surface area contributed by atoms with E-state index in [2.05, 4.69) is 5.32 Å². The van der Waals surface area contributed by atoms with Gasteiger partial charge < -0.3 is 10.2 Å². The molecule has 0 spiro atoms. The molecule has 0 heterocycles. The number of nitrogens with zero attached hydrogens (tertiary/aromatic N) is 2. The Hall–Kier alpha value is -2.49. The first kappa shape index (κ1) is 31.0. The predicted molar refractivity (Wildman–Crippen MR) is 157 cm³/mol. The molecule has 3 aromatic carbocycles. The van der Waals surface area contributed by atoms with Crippen molar-refractivity contribution >= 4 is 73.9 Å². The van der Waals surface area contributed by atoms with Gasteiger partial charge in [0, 0.05) is 29.2 Å². The highest BCUT2D eigenvalue weighted by molar-refractivity contribution is 7.92. The second-order valence-electron chi connectivity index (χ2n) is 8.66. The smallest absolute Gasteiger partial charge is 0.264 e. The maximum Gasteiger partial charge on any atom is 0.264 e. The molecule has 0 aliphatic rings. The summed E-state index contributed by atoms with van der Waals surface area (Å²) in [5, 5.41) is 3.23. The Morgan fingerprint density at radius 1 is 0.897 bits per heavy atom. The molecule has 1 unspecified atom stereocenters. The van der Waals surface area contributed by atoms with Crippen molar-refractivity contribution in [2.75, 3.05) is 17.9 Å². The van der Waals surface area contributed by atoms with Gasteiger partial charge in [-0.15, -0.1) is 0 Å². The van der Waals surface area contributed by atoms with E-state index in [4.69, 9.17) is 46.4 Å². The number of hydrogen-bond donors (Lipinski definition) is 1. The summed E-state index contributed by atoms with van der Waals surface area (Å²) in [6.07, 6.45) is 0.246. The van der Waals surface area contributed by atoms with Crippen LogP contribution in [0, 0.1) is 6.92 Å². The van der Waals surface area contributed by atoms with Crippen molar-refractivity contribution in [2.24, 2.45) is 0 Å². The number of likely N-dealkylation sites (N-methyl/N-ethyl adjacent to an activating group) is 1. The molecule has 0 aliphatic heterocycles. The summed E-state index contributed by atoms with van der Waals surface area (Å²) in [6.45, 7) is 2.76. The van der Waals surface area contributed by atoms with Crippen LogP contribution in [-0.2, 0) is 26.2 Å². The number of hydrogen-bond acceptors (Lipinski definition) is 4. The summed E-state index contributed by atoms with van der Waals surface area (Å²) in [7, 11) is -2.84. The van der Waals surface area contributed by atoms with Crippen LogP contribution in [0.1, 0.15) is 24.5 Å². The Kier molecular flexibility index (Phi) is 10.5. The fourth-order valence-corrected chi connectivity index (χ4v) is 6.37. The molecule has 0 aliphatic carbocycles. The minimum atomic E-state index is -4.30. The van der Waals surface area contributed by atoms with E-state index >= 15 is 0 Å². The van der Waals surface area contributed by atoms with Crippen LogP contribution in [-0.4, -0.2) is 44.8 Å². The van der Waals surface area contributed by atoms with E-state index in [0.29, 0.717) is 15.6 Å². The van der Waals surface area contributed by atoms with E-state index < -0.39 is 34.4 Å². The van der Waals surface area contributed by atoms with E-state index in [0.717, 1.165) is 9.87 Å². The number of aryl methyl sites for hydroxylation is 1. The van der Waals surface area contributed by atoms with Crippen molar-refractivity contribution in [3.05, 3.63) is 91.9 Å². The van der Waals surface area contributed by atoms with Gasteiger partial charge in [0.25, 0.3) is 10.0 Å². The molecule has 7 nitrogen and oxygen atoms in total. The second-order valence-corrected chi connectivity index (χ2v) is 12.1. The van der Waals surface area contributed by atoms with Gasteiger partial charge in [-0.3, -0.25) is 13.9 Å². The summed E-state index contributed by atoms with van der Waals surface area (Å²) in [5.41, 5.74) is 1.29. The Morgan fingerprint density at radius 2 is 1.46 bits per heavy atom. The lowest BCUT2D eigenvalue weighted by molar-refractivity contribution is -0.140. The molecule has 12 heteroatoms. The third-order valence-electron chi connectivity index (χ3n) is 6.11. The highest BCUT2D eigenvalue weighted by Crippen LogP contribution is 2.36. The molecule has 39 heavy (non-hydrogen) atoms. The molecule has 0 saturated carbocycles. The molecule has 0 saturated heterocycles. The topological polar surface area (TPSA) is 86.8 Å². The highest BCUT2D eigenvalue weighted by atomic mass is 35.5. The maximum atomic E-state index is 14.0. The molecular weight excluding hydrogens is 604 g/mol. The van der Waals surface area contributed by atoms with E-state index in [-0.39, 0.29) is 33.6 Å². The van der Waals surface area contributed by atoms with Gasteiger partial charge in [-0.25, -0.2) is 8.42 Å². The molecule has 208 valence electrons. The van der Waals surface area contributed by atoms with Crippen molar-refractivity contribution < 1.29 is 18.0 Å². The summed E-state index contributed by atoms with van der Waals surface area (Å²) in [4.78, 5) is 28.0. The molecule has 1 atom stereocenters. The van der Waals surface area contributed by atoms with Crippen LogP contribution >= 0.6 is 46.4 Å². The number of anilines is 1. The fraction of sp³-hybridized carbons (Fsp3) is 0.259. The normalized spacial score (nSPS) is 12.1. The number of sulfonamides is 1. The van der Waals surface area contributed by atoms with E-state index in [1.165, 1.54) is 42.3 Å². The number of carbonyl (C=O) groups excluding carboxylic acids is 2. The van der Waals surface area contributed by atoms with Crippen molar-refractivity contribution in [3.8, 4) is 0 Å². The maximum absolute atomic E-state index is 14.0. The zero-order chi connectivity index (χ0) is 28.9. The summed E-state index contributed by atoms with van der Waals surface area (Å²) in [5.74, 6) is -1.10. The third kappa shape index (κ3) is 6.99. The lowest BCUT2D eigenvalue weighted by Gasteiger charge is -2.33. The van der Waals surface area contributed by atoms with Gasteiger partial charge in [0.15, 0.2) is 0 Å². The number of carbonyl (C=O) groups is 2. The van der Waals surface area contributed by atoms with Crippen LogP contribution in [0.25, 0.3) is 0 Å². The summed E-state index contributed by atoms with van der Waals surface area (Å²) in [6, 6.07) is 14.7. The number of nitrogens with one attached hydrogen (secondary N) is 1. The minimum Gasteiger partial charge on any atom is -0.357 e. The van der Waals surface area contributed by atoms with Crippen molar-refractivity contribution in [1.29, 1.82) is 0 Å². The minimum absolute atomic E-state index is 0.0156. The van der Waals surface area contributed by atoms with Gasteiger partial charge in [0.1, 0.15) is 12.6 Å². The lowest BCUT2D eigenvalue weighted by atomic mass is 10.1. The van der Waals surface area contributed by atoms with Crippen molar-refractivity contribution in [1.82, 2.24) is 10.2 Å². The average Bonchev–Trinajstić information content (AvgIpc) is 2.90. The molecule has 0 radical (unpaired) electrons. The SMILES string of the molecule is CCC(C(=O)NC)N(Cc1c(Cl)cccc1Cl)C(=O)CN(c1cccc(Cl)c1Cl)S(=O)(=O)c1ccc(C)cc1. The number of rotatable bonds is 10. The molecule has 2 amide bonds. The summed E-state index contributed by atoms with van der Waals surface area (Å²) >= 11 is 25.4. The zero-order valence-electron chi connectivity index (χ0n) is 21.4.